The number of imide groups is 1. The molecule has 2 N–H and O–H groups in total. The van der Waals surface area contributed by atoms with E-state index in [-0.39, 0.29) is 11.8 Å². The number of carbonyl (C=O) groups excluding carboxylic acids is 2. The molecule has 1 aromatic heterocycles. The molecule has 0 bridgehead atoms. The number of nitrogens with two attached hydrogens (primary N) is 1. The van der Waals surface area contributed by atoms with Crippen molar-refractivity contribution in [3.63, 3.8) is 0 Å². The van der Waals surface area contributed by atoms with E-state index in [1.165, 1.54) is 16.7 Å². The van der Waals surface area contributed by atoms with Crippen molar-refractivity contribution in [3.8, 4) is 5.75 Å². The maximum Gasteiger partial charge on any atom is 0.264 e. The van der Waals surface area contributed by atoms with Gasteiger partial charge in [0, 0.05) is 17.2 Å². The molecular formula is C21H19N3O3S. The Kier molecular flexibility index (Phi) is 3.94. The summed E-state index contributed by atoms with van der Waals surface area (Å²) in [6.07, 6.45) is 2.30. The van der Waals surface area contributed by atoms with Crippen molar-refractivity contribution < 1.29 is 14.3 Å². The van der Waals surface area contributed by atoms with Crippen LogP contribution in [-0.4, -0.2) is 28.7 Å². The van der Waals surface area contributed by atoms with Gasteiger partial charge >= 0.3 is 0 Å². The predicted octanol–water partition coefficient (Wildman–Crippen LogP) is 3.08. The average molecular weight is 393 g/mol. The fourth-order valence-corrected chi connectivity index (χ4v) is 4.89. The molecule has 3 aliphatic rings. The number of anilines is 1. The Morgan fingerprint density at radius 2 is 1.93 bits per heavy atom. The summed E-state index contributed by atoms with van der Waals surface area (Å²) in [4.78, 5) is 32.1. The van der Waals surface area contributed by atoms with Crippen LogP contribution < -0.4 is 15.4 Å². The van der Waals surface area contributed by atoms with Gasteiger partial charge in [-0.1, -0.05) is 11.8 Å². The lowest BCUT2D eigenvalue weighted by Crippen LogP contribution is -2.31. The Labute approximate surface area is 166 Å². The van der Waals surface area contributed by atoms with Gasteiger partial charge in [0.1, 0.15) is 16.0 Å². The normalized spacial score (nSPS) is 21.0. The average Bonchev–Trinajstić information content (AvgIpc) is 3.51. The number of nitrogens with zero attached hydrogens (tertiary/aromatic N) is 2. The van der Waals surface area contributed by atoms with E-state index in [2.05, 4.69) is 0 Å². The van der Waals surface area contributed by atoms with Gasteiger partial charge in [0.05, 0.1) is 23.6 Å². The molecule has 2 fully saturated rings. The van der Waals surface area contributed by atoms with E-state index in [0.29, 0.717) is 35.2 Å². The topological polar surface area (TPSA) is 85.5 Å². The van der Waals surface area contributed by atoms with Gasteiger partial charge < -0.3 is 10.5 Å². The largest absolute Gasteiger partial charge is 0.494 e. The molecule has 0 radical (unpaired) electrons. The van der Waals surface area contributed by atoms with Gasteiger partial charge in [0.25, 0.3) is 11.8 Å². The minimum absolute atomic E-state index is 0.276. The summed E-state index contributed by atoms with van der Waals surface area (Å²) in [7, 11) is 0. The van der Waals surface area contributed by atoms with E-state index in [0.717, 1.165) is 29.1 Å². The van der Waals surface area contributed by atoms with Crippen LogP contribution in [0.15, 0.2) is 47.0 Å². The minimum atomic E-state index is -0.645. The molecule has 5 rings (SSSR count). The molecule has 3 heterocycles. The van der Waals surface area contributed by atoms with Crippen LogP contribution in [-0.2, 0) is 9.59 Å². The number of carbonyl (C=O) groups is 2. The van der Waals surface area contributed by atoms with Crippen molar-refractivity contribution in [2.75, 3.05) is 11.5 Å². The molecule has 1 saturated carbocycles. The number of fused-ring (bicyclic) bond motifs is 2. The molecule has 1 saturated heterocycles. The summed E-state index contributed by atoms with van der Waals surface area (Å²) in [5.74, 6) is 0.571. The SMILES string of the molecule is CCOc1ccc(N2C(=O)C3=C(N)c4ccc(C5CC5)nc4S[C@@H]3C2=O)cc1. The number of pyridine rings is 1. The second-order valence-electron chi connectivity index (χ2n) is 7.09. The van der Waals surface area contributed by atoms with Crippen molar-refractivity contribution in [2.24, 2.45) is 5.73 Å². The lowest BCUT2D eigenvalue weighted by Gasteiger charge is -2.20. The first kappa shape index (κ1) is 17.3. The number of aromatic nitrogens is 1. The number of amides is 2. The van der Waals surface area contributed by atoms with Crippen molar-refractivity contribution >= 4 is 35.0 Å². The lowest BCUT2D eigenvalue weighted by molar-refractivity contribution is -0.120. The molecule has 1 atom stereocenters. The number of ether oxygens (including phenoxy) is 1. The van der Waals surface area contributed by atoms with E-state index < -0.39 is 5.25 Å². The zero-order chi connectivity index (χ0) is 19.4. The third kappa shape index (κ3) is 2.61. The van der Waals surface area contributed by atoms with E-state index in [4.69, 9.17) is 15.5 Å². The van der Waals surface area contributed by atoms with Crippen LogP contribution in [0.4, 0.5) is 5.69 Å². The molecule has 28 heavy (non-hydrogen) atoms. The van der Waals surface area contributed by atoms with Crippen LogP contribution in [0.3, 0.4) is 0 Å². The van der Waals surface area contributed by atoms with Gasteiger partial charge in [0.15, 0.2) is 0 Å². The van der Waals surface area contributed by atoms with Crippen LogP contribution in [0.5, 0.6) is 5.75 Å². The summed E-state index contributed by atoms with van der Waals surface area (Å²) in [6, 6.07) is 10.9. The maximum absolute atomic E-state index is 13.1. The molecule has 1 aliphatic carbocycles. The molecule has 2 aromatic rings. The van der Waals surface area contributed by atoms with E-state index in [1.807, 2.05) is 19.1 Å². The van der Waals surface area contributed by atoms with Crippen LogP contribution in [0.2, 0.25) is 0 Å². The zero-order valence-corrected chi connectivity index (χ0v) is 16.2. The van der Waals surface area contributed by atoms with E-state index >= 15 is 0 Å². The molecule has 1 aromatic carbocycles. The molecule has 142 valence electrons. The fourth-order valence-electron chi connectivity index (χ4n) is 3.65. The summed E-state index contributed by atoms with van der Waals surface area (Å²) in [5, 5.41) is 0.0962. The zero-order valence-electron chi connectivity index (χ0n) is 15.3. The van der Waals surface area contributed by atoms with Gasteiger partial charge in [-0.2, -0.15) is 0 Å². The molecule has 0 spiro atoms. The Hall–Kier alpha value is -2.80. The molecule has 2 aliphatic heterocycles. The van der Waals surface area contributed by atoms with Crippen molar-refractivity contribution in [1.82, 2.24) is 4.98 Å². The van der Waals surface area contributed by atoms with Gasteiger partial charge in [-0.05, 0) is 56.2 Å². The van der Waals surface area contributed by atoms with E-state index in [1.54, 1.807) is 24.3 Å². The first-order valence-electron chi connectivity index (χ1n) is 9.37. The summed E-state index contributed by atoms with van der Waals surface area (Å²) in [6.45, 7) is 2.45. The monoisotopic (exact) mass is 393 g/mol. The smallest absolute Gasteiger partial charge is 0.264 e. The van der Waals surface area contributed by atoms with Gasteiger partial charge in [-0.15, -0.1) is 0 Å². The van der Waals surface area contributed by atoms with Crippen molar-refractivity contribution in [3.05, 3.63) is 53.2 Å². The molecule has 6 nitrogen and oxygen atoms in total. The highest BCUT2D eigenvalue weighted by Crippen LogP contribution is 2.47. The second kappa shape index (κ2) is 6.38. The molecular weight excluding hydrogens is 374 g/mol. The van der Waals surface area contributed by atoms with Gasteiger partial charge in [-0.25, -0.2) is 9.88 Å². The van der Waals surface area contributed by atoms with Crippen LogP contribution in [0, 0.1) is 0 Å². The minimum Gasteiger partial charge on any atom is -0.494 e. The molecule has 7 heteroatoms. The highest BCUT2D eigenvalue weighted by molar-refractivity contribution is 8.01. The number of thioether (sulfide) groups is 1. The van der Waals surface area contributed by atoms with E-state index in [9.17, 15) is 9.59 Å². The Balaban J connectivity index is 1.51. The van der Waals surface area contributed by atoms with Crippen LogP contribution in [0.25, 0.3) is 5.70 Å². The third-order valence-corrected chi connectivity index (χ3v) is 6.44. The molecule has 0 unspecified atom stereocenters. The number of rotatable bonds is 4. The lowest BCUT2D eigenvalue weighted by atomic mass is 10.1. The first-order chi connectivity index (χ1) is 13.6. The first-order valence-corrected chi connectivity index (χ1v) is 10.2. The highest BCUT2D eigenvalue weighted by atomic mass is 32.2. The van der Waals surface area contributed by atoms with Crippen LogP contribution in [0.1, 0.15) is 36.9 Å². The quantitative estimate of drug-likeness (QED) is 0.804. The summed E-state index contributed by atoms with van der Waals surface area (Å²) >= 11 is 1.33. The highest BCUT2D eigenvalue weighted by Gasteiger charge is 2.49. The maximum atomic E-state index is 13.1. The Bertz CT molecular complexity index is 1030. The fraction of sp³-hybridized carbons (Fsp3) is 0.286. The second-order valence-corrected chi connectivity index (χ2v) is 8.19. The predicted molar refractivity (Wildman–Crippen MR) is 107 cm³/mol. The van der Waals surface area contributed by atoms with Crippen molar-refractivity contribution in [1.29, 1.82) is 0 Å². The van der Waals surface area contributed by atoms with Gasteiger partial charge in [0.2, 0.25) is 0 Å². The number of hydrogen-bond donors (Lipinski definition) is 1. The number of hydrogen-bond acceptors (Lipinski definition) is 6. The van der Waals surface area contributed by atoms with Crippen LogP contribution >= 0.6 is 11.8 Å². The van der Waals surface area contributed by atoms with Crippen molar-refractivity contribution in [2.45, 2.75) is 36.0 Å². The summed E-state index contributed by atoms with van der Waals surface area (Å²) in [5.41, 5.74) is 9.36. The third-order valence-electron chi connectivity index (χ3n) is 5.23. The summed E-state index contributed by atoms with van der Waals surface area (Å²) < 4.78 is 5.44. The molecule has 2 amide bonds. The Morgan fingerprint density at radius 1 is 1.18 bits per heavy atom. The standard InChI is InChI=1S/C21H19N3O3S/c1-2-27-13-7-5-12(6-8-13)24-20(25)16-17(22)14-9-10-15(11-3-4-11)23-19(14)28-18(16)21(24)26/h5-11,18H,2-4,22H2,1H3/t18-/m0/s1. The number of benzene rings is 1. The Morgan fingerprint density at radius 3 is 2.61 bits per heavy atom. The van der Waals surface area contributed by atoms with Gasteiger partial charge in [-0.3, -0.25) is 9.59 Å².